The Hall–Kier alpha value is -4.24. The van der Waals surface area contributed by atoms with Gasteiger partial charge in [-0.05, 0) is 32.2 Å². The molecule has 9 nitrogen and oxygen atoms in total. The van der Waals surface area contributed by atoms with Gasteiger partial charge in [-0.3, -0.25) is 9.69 Å². The van der Waals surface area contributed by atoms with E-state index in [1.165, 1.54) is 6.20 Å². The molecular formula is C26H26N6O3. The number of aromatic nitrogens is 5. The SMILES string of the molecule is CCOC(=O)c1cnn(-c2cc(=O)n(C)c3ccccc23)c1CN(C)Cc1nc2ccccc2[nH]1. The highest BCUT2D eigenvalue weighted by Crippen LogP contribution is 2.24. The normalized spacial score (nSPS) is 11.5. The monoisotopic (exact) mass is 470 g/mol. The van der Waals surface area contributed by atoms with Gasteiger partial charge in [0, 0.05) is 25.0 Å². The lowest BCUT2D eigenvalue weighted by atomic mass is 10.1. The van der Waals surface area contributed by atoms with Crippen molar-refractivity contribution in [2.75, 3.05) is 13.7 Å². The maximum Gasteiger partial charge on any atom is 0.341 e. The van der Waals surface area contributed by atoms with Crippen LogP contribution in [0, 0.1) is 0 Å². The molecule has 3 aromatic heterocycles. The van der Waals surface area contributed by atoms with Crippen LogP contribution < -0.4 is 5.56 Å². The van der Waals surface area contributed by atoms with Crippen molar-refractivity contribution in [1.29, 1.82) is 0 Å². The van der Waals surface area contributed by atoms with Gasteiger partial charge in [0.2, 0.25) is 0 Å². The molecule has 178 valence electrons. The molecule has 0 aliphatic carbocycles. The predicted octanol–water partition coefficient (Wildman–Crippen LogP) is 3.41. The highest BCUT2D eigenvalue weighted by molar-refractivity contribution is 5.92. The van der Waals surface area contributed by atoms with Crippen molar-refractivity contribution in [3.05, 3.63) is 88.2 Å². The van der Waals surface area contributed by atoms with Crippen LogP contribution in [0.25, 0.3) is 27.6 Å². The van der Waals surface area contributed by atoms with E-state index in [-0.39, 0.29) is 12.2 Å². The Labute approximate surface area is 201 Å². The van der Waals surface area contributed by atoms with Gasteiger partial charge in [-0.1, -0.05) is 30.3 Å². The van der Waals surface area contributed by atoms with Crippen molar-refractivity contribution < 1.29 is 9.53 Å². The molecule has 3 heterocycles. The van der Waals surface area contributed by atoms with Crippen LogP contribution in [0.5, 0.6) is 0 Å². The van der Waals surface area contributed by atoms with Gasteiger partial charge in [0.05, 0.1) is 47.3 Å². The molecular weight excluding hydrogens is 444 g/mol. The van der Waals surface area contributed by atoms with E-state index in [4.69, 9.17) is 4.74 Å². The number of nitrogens with one attached hydrogen (secondary N) is 1. The topological polar surface area (TPSA) is 98.0 Å². The Balaban J connectivity index is 1.56. The van der Waals surface area contributed by atoms with Crippen LogP contribution in [-0.4, -0.2) is 48.8 Å². The lowest BCUT2D eigenvalue weighted by Crippen LogP contribution is -2.23. The van der Waals surface area contributed by atoms with Crippen LogP contribution in [0.3, 0.4) is 0 Å². The Morgan fingerprint density at radius 3 is 2.69 bits per heavy atom. The van der Waals surface area contributed by atoms with E-state index in [2.05, 4.69) is 15.1 Å². The zero-order valence-electron chi connectivity index (χ0n) is 19.9. The van der Waals surface area contributed by atoms with E-state index in [9.17, 15) is 9.59 Å². The smallest absolute Gasteiger partial charge is 0.341 e. The number of hydrogen-bond acceptors (Lipinski definition) is 6. The first kappa shape index (κ1) is 22.5. The zero-order chi connectivity index (χ0) is 24.5. The van der Waals surface area contributed by atoms with Crippen molar-refractivity contribution >= 4 is 27.9 Å². The highest BCUT2D eigenvalue weighted by Gasteiger charge is 2.23. The van der Waals surface area contributed by atoms with Crippen LogP contribution >= 0.6 is 0 Å². The quantitative estimate of drug-likeness (QED) is 0.366. The molecule has 0 atom stereocenters. The number of benzene rings is 2. The van der Waals surface area contributed by atoms with Crippen LogP contribution in [0.1, 0.15) is 28.8 Å². The van der Waals surface area contributed by atoms with Crippen molar-refractivity contribution in [2.24, 2.45) is 7.05 Å². The summed E-state index contributed by atoms with van der Waals surface area (Å²) in [5, 5.41) is 5.38. The average Bonchev–Trinajstić information content (AvgIpc) is 3.45. The number of para-hydroxylation sites is 3. The molecule has 9 heteroatoms. The number of aromatic amines is 1. The standard InChI is InChI=1S/C26H26N6O3/c1-4-35-26(34)18-14-27-32(22-13-25(33)31(3)21-12-8-5-9-17(21)22)23(18)15-30(2)16-24-28-19-10-6-7-11-20(19)29-24/h5-14H,4,15-16H2,1-3H3,(H,28,29). The van der Waals surface area contributed by atoms with Gasteiger partial charge >= 0.3 is 5.97 Å². The molecule has 5 aromatic rings. The second kappa shape index (κ2) is 9.19. The molecule has 0 aliphatic heterocycles. The summed E-state index contributed by atoms with van der Waals surface area (Å²) in [5.41, 5.74) is 4.12. The van der Waals surface area contributed by atoms with E-state index in [1.807, 2.05) is 60.5 Å². The lowest BCUT2D eigenvalue weighted by Gasteiger charge is -2.18. The van der Waals surface area contributed by atoms with Gasteiger partial charge in [-0.15, -0.1) is 0 Å². The first-order chi connectivity index (χ1) is 17.0. The second-order valence-corrected chi connectivity index (χ2v) is 8.45. The van der Waals surface area contributed by atoms with Crippen LogP contribution in [0.15, 0.2) is 65.6 Å². The van der Waals surface area contributed by atoms with Gasteiger partial charge in [0.15, 0.2) is 0 Å². The van der Waals surface area contributed by atoms with E-state index >= 15 is 0 Å². The van der Waals surface area contributed by atoms with Crippen molar-refractivity contribution in [3.63, 3.8) is 0 Å². The van der Waals surface area contributed by atoms with Crippen LogP contribution in [-0.2, 0) is 24.9 Å². The van der Waals surface area contributed by atoms with Crippen LogP contribution in [0.2, 0.25) is 0 Å². The van der Waals surface area contributed by atoms with E-state index in [0.29, 0.717) is 30.0 Å². The molecule has 5 rings (SSSR count). The lowest BCUT2D eigenvalue weighted by molar-refractivity contribution is 0.0524. The average molecular weight is 471 g/mol. The number of aryl methyl sites for hydroxylation is 1. The van der Waals surface area contributed by atoms with Gasteiger partial charge in [0.1, 0.15) is 11.4 Å². The van der Waals surface area contributed by atoms with E-state index in [0.717, 1.165) is 27.8 Å². The number of carbonyl (C=O) groups is 1. The maximum atomic E-state index is 12.8. The molecule has 0 saturated carbocycles. The first-order valence-corrected chi connectivity index (χ1v) is 11.4. The number of ether oxygens (including phenoxy) is 1. The van der Waals surface area contributed by atoms with Gasteiger partial charge in [-0.2, -0.15) is 5.10 Å². The fourth-order valence-corrected chi connectivity index (χ4v) is 4.33. The van der Waals surface area contributed by atoms with Crippen LogP contribution in [0.4, 0.5) is 0 Å². The number of H-pyrrole nitrogens is 1. The minimum atomic E-state index is -0.445. The number of esters is 1. The molecule has 35 heavy (non-hydrogen) atoms. The summed E-state index contributed by atoms with van der Waals surface area (Å²) in [4.78, 5) is 35.5. The Morgan fingerprint density at radius 2 is 1.89 bits per heavy atom. The number of rotatable bonds is 7. The number of carbonyl (C=O) groups excluding carboxylic acids is 1. The molecule has 0 radical (unpaired) electrons. The maximum absolute atomic E-state index is 12.8. The molecule has 0 saturated heterocycles. The van der Waals surface area contributed by atoms with Gasteiger partial charge in [-0.25, -0.2) is 14.5 Å². The summed E-state index contributed by atoms with van der Waals surface area (Å²) < 4.78 is 8.56. The van der Waals surface area contributed by atoms with Gasteiger partial charge in [0.25, 0.3) is 5.56 Å². The number of fused-ring (bicyclic) bond motifs is 2. The van der Waals surface area contributed by atoms with Crippen molar-refractivity contribution in [2.45, 2.75) is 20.0 Å². The Morgan fingerprint density at radius 1 is 1.11 bits per heavy atom. The summed E-state index contributed by atoms with van der Waals surface area (Å²) in [6.07, 6.45) is 1.51. The largest absolute Gasteiger partial charge is 0.462 e. The molecule has 0 spiro atoms. The van der Waals surface area contributed by atoms with Gasteiger partial charge < -0.3 is 14.3 Å². The Bertz CT molecular complexity index is 1560. The molecule has 0 amide bonds. The molecule has 1 N–H and O–H groups in total. The molecule has 0 unspecified atom stereocenters. The summed E-state index contributed by atoms with van der Waals surface area (Å²) in [6.45, 7) is 2.94. The number of pyridine rings is 1. The summed E-state index contributed by atoms with van der Waals surface area (Å²) in [6, 6.07) is 17.1. The number of hydrogen-bond donors (Lipinski definition) is 1. The Kier molecular flexibility index (Phi) is 5.92. The number of nitrogens with zero attached hydrogens (tertiary/aromatic N) is 5. The number of imidazole rings is 1. The fourth-order valence-electron chi connectivity index (χ4n) is 4.33. The highest BCUT2D eigenvalue weighted by atomic mass is 16.5. The third kappa shape index (κ3) is 4.22. The minimum absolute atomic E-state index is 0.159. The summed E-state index contributed by atoms with van der Waals surface area (Å²) in [7, 11) is 3.69. The van der Waals surface area contributed by atoms with Crippen molar-refractivity contribution in [1.82, 2.24) is 29.2 Å². The van der Waals surface area contributed by atoms with E-state index < -0.39 is 5.97 Å². The summed E-state index contributed by atoms with van der Waals surface area (Å²) >= 11 is 0. The molecule has 0 fully saturated rings. The minimum Gasteiger partial charge on any atom is -0.462 e. The van der Waals surface area contributed by atoms with E-state index in [1.54, 1.807) is 29.3 Å². The third-order valence-corrected chi connectivity index (χ3v) is 6.00. The molecule has 0 aliphatic rings. The second-order valence-electron chi connectivity index (χ2n) is 8.45. The molecule has 0 bridgehead atoms. The summed E-state index contributed by atoms with van der Waals surface area (Å²) in [5.74, 6) is 0.371. The fraction of sp³-hybridized carbons (Fsp3) is 0.231. The third-order valence-electron chi connectivity index (χ3n) is 6.00. The first-order valence-electron chi connectivity index (χ1n) is 11.4. The predicted molar refractivity (Wildman–Crippen MR) is 134 cm³/mol. The zero-order valence-corrected chi connectivity index (χ0v) is 19.9. The molecule has 2 aromatic carbocycles. The van der Waals surface area contributed by atoms with Crippen molar-refractivity contribution in [3.8, 4) is 5.69 Å².